The Bertz CT molecular complexity index is 397. The van der Waals surface area contributed by atoms with Crippen LogP contribution in [0.15, 0.2) is 6.07 Å². The minimum atomic E-state index is 0.655. The first-order chi connectivity index (χ1) is 9.28. The summed E-state index contributed by atoms with van der Waals surface area (Å²) in [5.74, 6) is 5.08. The Morgan fingerprint density at radius 2 is 2.32 bits per heavy atom. The number of nitrogens with zero attached hydrogens (tertiary/aromatic N) is 2. The first kappa shape index (κ1) is 14.8. The van der Waals surface area contributed by atoms with Crippen LogP contribution in [0.2, 0.25) is 0 Å². The Hall–Kier alpha value is -0.620. The average molecular weight is 299 g/mol. The van der Waals surface area contributed by atoms with Crippen LogP contribution < -0.4 is 10.1 Å². The van der Waals surface area contributed by atoms with E-state index in [1.807, 2.05) is 36.5 Å². The lowest BCUT2D eigenvalue weighted by atomic mass is 10.4. The van der Waals surface area contributed by atoms with Gasteiger partial charge < -0.3 is 10.1 Å². The van der Waals surface area contributed by atoms with Gasteiger partial charge in [-0.15, -0.1) is 0 Å². The highest BCUT2D eigenvalue weighted by Crippen LogP contribution is 2.24. The Morgan fingerprint density at radius 3 is 3.05 bits per heavy atom. The van der Waals surface area contributed by atoms with Crippen molar-refractivity contribution in [2.45, 2.75) is 25.5 Å². The largest absolute Gasteiger partial charge is 0.478 e. The zero-order valence-corrected chi connectivity index (χ0v) is 13.1. The van der Waals surface area contributed by atoms with Crippen LogP contribution in [0, 0.1) is 6.92 Å². The summed E-state index contributed by atoms with van der Waals surface area (Å²) in [7, 11) is 0. The van der Waals surface area contributed by atoms with Gasteiger partial charge in [0, 0.05) is 40.8 Å². The van der Waals surface area contributed by atoms with Crippen LogP contribution in [0.3, 0.4) is 0 Å². The molecule has 0 amide bonds. The first-order valence-electron chi connectivity index (χ1n) is 6.69. The van der Waals surface area contributed by atoms with Crippen LogP contribution >= 0.6 is 23.5 Å². The lowest BCUT2D eigenvalue weighted by Gasteiger charge is -2.21. The summed E-state index contributed by atoms with van der Waals surface area (Å²) in [4.78, 5) is 8.80. The Morgan fingerprint density at radius 1 is 1.42 bits per heavy atom. The quantitative estimate of drug-likeness (QED) is 0.871. The number of thioether (sulfide) groups is 2. The molecule has 0 bridgehead atoms. The monoisotopic (exact) mass is 299 g/mol. The van der Waals surface area contributed by atoms with Gasteiger partial charge in [-0.25, -0.2) is 4.98 Å². The van der Waals surface area contributed by atoms with Gasteiger partial charge >= 0.3 is 0 Å². The van der Waals surface area contributed by atoms with E-state index in [9.17, 15) is 0 Å². The van der Waals surface area contributed by atoms with Crippen molar-refractivity contribution in [2.75, 3.05) is 35.7 Å². The zero-order chi connectivity index (χ0) is 13.5. The second-order valence-corrected chi connectivity index (χ2v) is 7.03. The summed E-state index contributed by atoms with van der Waals surface area (Å²) < 4.78 is 5.57. The highest BCUT2D eigenvalue weighted by atomic mass is 32.2. The van der Waals surface area contributed by atoms with Crippen LogP contribution in [0.4, 0.5) is 5.95 Å². The molecule has 2 rings (SSSR count). The van der Waals surface area contributed by atoms with Gasteiger partial charge in [0.05, 0.1) is 6.61 Å². The summed E-state index contributed by atoms with van der Waals surface area (Å²) in [5.41, 5.74) is 0.939. The number of hydrogen-bond donors (Lipinski definition) is 1. The van der Waals surface area contributed by atoms with E-state index in [0.717, 1.165) is 18.7 Å². The van der Waals surface area contributed by atoms with Gasteiger partial charge in [-0.3, -0.25) is 0 Å². The lowest BCUT2D eigenvalue weighted by molar-refractivity contribution is 0.305. The molecule has 1 atom stereocenters. The SMILES string of the molecule is CCCOc1cc(C)nc(NCC2CSCCS2)n1. The van der Waals surface area contributed by atoms with Crippen LogP contribution in [-0.2, 0) is 0 Å². The van der Waals surface area contributed by atoms with Crippen molar-refractivity contribution in [2.24, 2.45) is 0 Å². The van der Waals surface area contributed by atoms with E-state index >= 15 is 0 Å². The highest BCUT2D eigenvalue weighted by molar-refractivity contribution is 8.06. The van der Waals surface area contributed by atoms with Gasteiger partial charge in [-0.05, 0) is 13.3 Å². The summed E-state index contributed by atoms with van der Waals surface area (Å²) >= 11 is 4.06. The van der Waals surface area contributed by atoms with Crippen molar-refractivity contribution in [3.8, 4) is 5.88 Å². The van der Waals surface area contributed by atoms with Crippen molar-refractivity contribution in [1.82, 2.24) is 9.97 Å². The molecule has 1 aromatic rings. The number of ether oxygens (including phenoxy) is 1. The molecule has 2 heterocycles. The van der Waals surface area contributed by atoms with Crippen LogP contribution in [-0.4, -0.2) is 45.6 Å². The molecular formula is C13H21N3OS2. The normalized spacial score (nSPS) is 19.2. The van der Waals surface area contributed by atoms with E-state index in [2.05, 4.69) is 22.2 Å². The predicted octanol–water partition coefficient (Wildman–Crippen LogP) is 2.83. The van der Waals surface area contributed by atoms with Crippen molar-refractivity contribution in [3.63, 3.8) is 0 Å². The maximum absolute atomic E-state index is 5.57. The van der Waals surface area contributed by atoms with Crippen molar-refractivity contribution in [1.29, 1.82) is 0 Å². The molecule has 1 unspecified atom stereocenters. The third-order valence-corrected chi connectivity index (χ3v) is 5.50. The van der Waals surface area contributed by atoms with Gasteiger partial charge in [-0.2, -0.15) is 28.5 Å². The molecule has 1 fully saturated rings. The van der Waals surface area contributed by atoms with E-state index in [1.165, 1.54) is 17.3 Å². The molecule has 1 N–H and O–H groups in total. The first-order valence-corrected chi connectivity index (χ1v) is 8.90. The van der Waals surface area contributed by atoms with Crippen LogP contribution in [0.5, 0.6) is 5.88 Å². The van der Waals surface area contributed by atoms with Crippen LogP contribution in [0.1, 0.15) is 19.0 Å². The fourth-order valence-electron chi connectivity index (χ4n) is 1.76. The fourth-order valence-corrected chi connectivity index (χ4v) is 4.37. The molecule has 106 valence electrons. The average Bonchev–Trinajstić information content (AvgIpc) is 2.43. The molecule has 0 aromatic carbocycles. The maximum atomic E-state index is 5.57. The Labute approximate surface area is 123 Å². The molecule has 0 saturated carbocycles. The predicted molar refractivity (Wildman–Crippen MR) is 84.6 cm³/mol. The lowest BCUT2D eigenvalue weighted by Crippen LogP contribution is -2.24. The molecule has 6 heteroatoms. The molecule has 1 aliphatic rings. The van der Waals surface area contributed by atoms with Crippen molar-refractivity contribution >= 4 is 29.5 Å². The molecule has 4 nitrogen and oxygen atoms in total. The summed E-state index contributed by atoms with van der Waals surface area (Å²) in [6.07, 6.45) is 0.988. The number of nitrogens with one attached hydrogen (secondary N) is 1. The van der Waals surface area contributed by atoms with Gasteiger partial charge in [0.2, 0.25) is 11.8 Å². The third kappa shape index (κ3) is 5.10. The van der Waals surface area contributed by atoms with E-state index in [-0.39, 0.29) is 0 Å². The van der Waals surface area contributed by atoms with Crippen molar-refractivity contribution < 1.29 is 4.74 Å². The molecule has 0 aliphatic carbocycles. The van der Waals surface area contributed by atoms with E-state index in [0.29, 0.717) is 23.7 Å². The smallest absolute Gasteiger partial charge is 0.226 e. The van der Waals surface area contributed by atoms with Gasteiger partial charge in [-0.1, -0.05) is 6.92 Å². The topological polar surface area (TPSA) is 47.0 Å². The summed E-state index contributed by atoms with van der Waals surface area (Å²) in [5, 5.41) is 3.99. The molecule has 1 aliphatic heterocycles. The fraction of sp³-hybridized carbons (Fsp3) is 0.692. The molecule has 19 heavy (non-hydrogen) atoms. The highest BCUT2D eigenvalue weighted by Gasteiger charge is 2.14. The maximum Gasteiger partial charge on any atom is 0.226 e. The van der Waals surface area contributed by atoms with E-state index in [4.69, 9.17) is 4.74 Å². The van der Waals surface area contributed by atoms with Crippen molar-refractivity contribution in [3.05, 3.63) is 11.8 Å². The molecular weight excluding hydrogens is 278 g/mol. The summed E-state index contributed by atoms with van der Waals surface area (Å²) in [6, 6.07) is 1.88. The summed E-state index contributed by atoms with van der Waals surface area (Å²) in [6.45, 7) is 5.68. The van der Waals surface area contributed by atoms with E-state index < -0.39 is 0 Å². The number of anilines is 1. The van der Waals surface area contributed by atoms with Crippen LogP contribution in [0.25, 0.3) is 0 Å². The number of aromatic nitrogens is 2. The molecule has 0 radical (unpaired) electrons. The number of hydrogen-bond acceptors (Lipinski definition) is 6. The second kappa shape index (κ2) is 7.85. The zero-order valence-electron chi connectivity index (χ0n) is 11.5. The van der Waals surface area contributed by atoms with E-state index in [1.54, 1.807) is 0 Å². The minimum Gasteiger partial charge on any atom is -0.478 e. The number of rotatable bonds is 6. The van der Waals surface area contributed by atoms with Gasteiger partial charge in [0.1, 0.15) is 0 Å². The minimum absolute atomic E-state index is 0.655. The standard InChI is InChI=1S/C13H21N3OS2/c1-3-4-17-12-7-10(2)15-13(16-12)14-8-11-9-18-5-6-19-11/h7,11H,3-6,8-9H2,1-2H3,(H,14,15,16). The van der Waals surface area contributed by atoms with Gasteiger partial charge in [0.25, 0.3) is 0 Å². The Kier molecular flexibility index (Phi) is 6.10. The Balaban J connectivity index is 1.89. The number of aryl methyl sites for hydroxylation is 1. The molecule has 0 spiro atoms. The second-order valence-electron chi connectivity index (χ2n) is 4.47. The molecule has 1 aromatic heterocycles. The molecule has 1 saturated heterocycles. The third-order valence-electron chi connectivity index (χ3n) is 2.66. The van der Waals surface area contributed by atoms with Gasteiger partial charge in [0.15, 0.2) is 0 Å².